The van der Waals surface area contributed by atoms with Gasteiger partial charge < -0.3 is 15.5 Å². The van der Waals surface area contributed by atoms with Crippen molar-refractivity contribution in [1.82, 2.24) is 15.5 Å². The first-order valence-electron chi connectivity index (χ1n) is 9.85. The Balaban J connectivity index is 1.94. The van der Waals surface area contributed by atoms with Crippen LogP contribution in [0.2, 0.25) is 0 Å². The largest absolute Gasteiger partial charge is 0.351 e. The van der Waals surface area contributed by atoms with Crippen molar-refractivity contribution in [1.29, 1.82) is 0 Å². The minimum absolute atomic E-state index is 0.0370. The van der Waals surface area contributed by atoms with Crippen molar-refractivity contribution < 1.29 is 18.8 Å². The molecular formula is C21H30FN3O3. The number of carbonyl (C=O) groups is 3. The highest BCUT2D eigenvalue weighted by Crippen LogP contribution is 2.15. The Hall–Kier alpha value is -2.44. The van der Waals surface area contributed by atoms with E-state index < -0.39 is 17.8 Å². The minimum Gasteiger partial charge on any atom is -0.351 e. The van der Waals surface area contributed by atoms with Crippen LogP contribution in [0.1, 0.15) is 50.9 Å². The summed E-state index contributed by atoms with van der Waals surface area (Å²) in [7, 11) is 0. The molecule has 0 saturated carbocycles. The molecule has 7 heteroatoms. The van der Waals surface area contributed by atoms with Gasteiger partial charge in [-0.15, -0.1) is 0 Å². The van der Waals surface area contributed by atoms with E-state index >= 15 is 0 Å². The SMILES string of the molecule is CC(C)C(=O)N1CCC(NC(=O)C(NC(=O)c2ccccc2F)C(C)C)CC1. The topological polar surface area (TPSA) is 78.5 Å². The summed E-state index contributed by atoms with van der Waals surface area (Å²) in [5.74, 6) is -1.58. The van der Waals surface area contributed by atoms with Crippen LogP contribution < -0.4 is 10.6 Å². The standard InChI is InChI=1S/C21H30FN3O3/c1-13(2)18(24-19(26)16-7-5-6-8-17(16)22)20(27)23-15-9-11-25(12-10-15)21(28)14(3)4/h5-8,13-15,18H,9-12H2,1-4H3,(H,23,27)(H,24,26). The Morgan fingerprint density at radius 1 is 1.07 bits per heavy atom. The number of amides is 3. The maximum absolute atomic E-state index is 13.8. The van der Waals surface area contributed by atoms with Crippen LogP contribution in [-0.2, 0) is 9.59 Å². The molecule has 1 heterocycles. The molecule has 28 heavy (non-hydrogen) atoms. The van der Waals surface area contributed by atoms with E-state index in [1.165, 1.54) is 18.2 Å². The molecule has 154 valence electrons. The molecule has 1 fully saturated rings. The van der Waals surface area contributed by atoms with Crippen LogP contribution in [0.15, 0.2) is 24.3 Å². The number of hydrogen-bond donors (Lipinski definition) is 2. The fourth-order valence-electron chi connectivity index (χ4n) is 3.30. The summed E-state index contributed by atoms with van der Waals surface area (Å²) in [4.78, 5) is 39.0. The summed E-state index contributed by atoms with van der Waals surface area (Å²) >= 11 is 0. The fraction of sp³-hybridized carbons (Fsp3) is 0.571. The second-order valence-corrected chi connectivity index (χ2v) is 7.94. The van der Waals surface area contributed by atoms with Gasteiger partial charge in [0.1, 0.15) is 11.9 Å². The monoisotopic (exact) mass is 391 g/mol. The number of halogens is 1. The minimum atomic E-state index is -0.762. The lowest BCUT2D eigenvalue weighted by molar-refractivity contribution is -0.135. The third kappa shape index (κ3) is 5.53. The van der Waals surface area contributed by atoms with Crippen LogP contribution in [-0.4, -0.2) is 47.8 Å². The molecular weight excluding hydrogens is 361 g/mol. The van der Waals surface area contributed by atoms with Crippen LogP contribution in [0.3, 0.4) is 0 Å². The summed E-state index contributed by atoms with van der Waals surface area (Å²) in [6, 6.07) is 4.88. The Morgan fingerprint density at radius 2 is 1.68 bits per heavy atom. The number of nitrogens with one attached hydrogen (secondary N) is 2. The average Bonchev–Trinajstić information content (AvgIpc) is 2.65. The van der Waals surface area contributed by atoms with E-state index in [2.05, 4.69) is 10.6 Å². The van der Waals surface area contributed by atoms with Gasteiger partial charge in [-0.05, 0) is 30.9 Å². The van der Waals surface area contributed by atoms with E-state index in [1.54, 1.807) is 6.07 Å². The molecule has 1 saturated heterocycles. The van der Waals surface area contributed by atoms with E-state index in [4.69, 9.17) is 0 Å². The van der Waals surface area contributed by atoms with Gasteiger partial charge in [-0.3, -0.25) is 14.4 Å². The van der Waals surface area contributed by atoms with E-state index in [0.29, 0.717) is 25.9 Å². The number of piperidine rings is 1. The lowest BCUT2D eigenvalue weighted by Gasteiger charge is -2.34. The molecule has 0 radical (unpaired) electrons. The summed E-state index contributed by atoms with van der Waals surface area (Å²) < 4.78 is 13.8. The third-order valence-electron chi connectivity index (χ3n) is 5.00. The van der Waals surface area contributed by atoms with Gasteiger partial charge >= 0.3 is 0 Å². The van der Waals surface area contributed by atoms with Crippen molar-refractivity contribution in [2.75, 3.05) is 13.1 Å². The highest BCUT2D eigenvalue weighted by Gasteiger charge is 2.30. The van der Waals surface area contributed by atoms with Gasteiger partial charge in [-0.25, -0.2) is 4.39 Å². The van der Waals surface area contributed by atoms with Gasteiger partial charge in [0.25, 0.3) is 5.91 Å². The molecule has 2 N–H and O–H groups in total. The number of hydrogen-bond acceptors (Lipinski definition) is 3. The molecule has 1 aromatic carbocycles. The van der Waals surface area contributed by atoms with Gasteiger partial charge in [-0.2, -0.15) is 0 Å². The van der Waals surface area contributed by atoms with E-state index in [0.717, 1.165) is 0 Å². The highest BCUT2D eigenvalue weighted by molar-refractivity contribution is 5.97. The lowest BCUT2D eigenvalue weighted by Crippen LogP contribution is -2.54. The maximum Gasteiger partial charge on any atom is 0.254 e. The summed E-state index contributed by atoms with van der Waals surface area (Å²) in [6.45, 7) is 8.63. The first-order valence-corrected chi connectivity index (χ1v) is 9.85. The summed E-state index contributed by atoms with van der Waals surface area (Å²) in [5.41, 5.74) is -0.0820. The first kappa shape index (κ1) is 21.9. The van der Waals surface area contributed by atoms with E-state index in [-0.39, 0.29) is 35.3 Å². The van der Waals surface area contributed by atoms with Gasteiger partial charge in [0, 0.05) is 25.0 Å². The van der Waals surface area contributed by atoms with Crippen molar-refractivity contribution in [2.45, 2.75) is 52.6 Å². The number of likely N-dealkylation sites (tertiary alicyclic amines) is 1. The molecule has 3 amide bonds. The van der Waals surface area contributed by atoms with Crippen molar-refractivity contribution >= 4 is 17.7 Å². The quantitative estimate of drug-likeness (QED) is 0.781. The number of carbonyl (C=O) groups excluding carboxylic acids is 3. The molecule has 1 aromatic rings. The molecule has 0 aliphatic carbocycles. The molecule has 1 unspecified atom stereocenters. The van der Waals surface area contributed by atoms with Crippen molar-refractivity contribution in [3.63, 3.8) is 0 Å². The summed E-state index contributed by atoms with van der Waals surface area (Å²) in [6.07, 6.45) is 1.35. The molecule has 1 aliphatic rings. The second kappa shape index (κ2) is 9.66. The molecule has 2 rings (SSSR count). The summed E-state index contributed by atoms with van der Waals surface area (Å²) in [5, 5.41) is 5.62. The maximum atomic E-state index is 13.8. The number of rotatable bonds is 6. The van der Waals surface area contributed by atoms with E-state index in [1.807, 2.05) is 32.6 Å². The smallest absolute Gasteiger partial charge is 0.254 e. The fourth-order valence-corrected chi connectivity index (χ4v) is 3.30. The average molecular weight is 391 g/mol. The van der Waals surface area contributed by atoms with Crippen LogP contribution >= 0.6 is 0 Å². The number of nitrogens with zero attached hydrogens (tertiary/aromatic N) is 1. The normalized spacial score (nSPS) is 16.2. The molecule has 0 aromatic heterocycles. The molecule has 1 aliphatic heterocycles. The van der Waals surface area contributed by atoms with Gasteiger partial charge in [0.05, 0.1) is 5.56 Å². The van der Waals surface area contributed by atoms with Crippen LogP contribution in [0.25, 0.3) is 0 Å². The van der Waals surface area contributed by atoms with Crippen molar-refractivity contribution in [2.24, 2.45) is 11.8 Å². The van der Waals surface area contributed by atoms with Crippen LogP contribution in [0.4, 0.5) is 4.39 Å². The van der Waals surface area contributed by atoms with Crippen molar-refractivity contribution in [3.05, 3.63) is 35.6 Å². The predicted molar refractivity (Wildman–Crippen MR) is 105 cm³/mol. The molecule has 6 nitrogen and oxygen atoms in total. The van der Waals surface area contributed by atoms with Crippen LogP contribution in [0, 0.1) is 17.7 Å². The van der Waals surface area contributed by atoms with Gasteiger partial charge in [0.15, 0.2) is 0 Å². The Bertz CT molecular complexity index is 713. The Labute approximate surface area is 165 Å². The zero-order valence-corrected chi connectivity index (χ0v) is 17.0. The zero-order valence-electron chi connectivity index (χ0n) is 17.0. The second-order valence-electron chi connectivity index (χ2n) is 7.94. The molecule has 0 spiro atoms. The van der Waals surface area contributed by atoms with Gasteiger partial charge in [0.2, 0.25) is 11.8 Å². The lowest BCUT2D eigenvalue weighted by atomic mass is 9.99. The highest BCUT2D eigenvalue weighted by atomic mass is 19.1. The van der Waals surface area contributed by atoms with Crippen LogP contribution in [0.5, 0.6) is 0 Å². The van der Waals surface area contributed by atoms with Gasteiger partial charge in [-0.1, -0.05) is 39.8 Å². The zero-order chi connectivity index (χ0) is 20.8. The van der Waals surface area contributed by atoms with E-state index in [9.17, 15) is 18.8 Å². The number of benzene rings is 1. The Morgan fingerprint density at radius 3 is 2.21 bits per heavy atom. The first-order chi connectivity index (χ1) is 13.2. The predicted octanol–water partition coefficient (Wildman–Crippen LogP) is 2.34. The third-order valence-corrected chi connectivity index (χ3v) is 5.00. The van der Waals surface area contributed by atoms with Crippen molar-refractivity contribution in [3.8, 4) is 0 Å². The molecule has 0 bridgehead atoms. The molecule has 1 atom stereocenters. The Kier molecular flexibility index (Phi) is 7.54.